The van der Waals surface area contributed by atoms with Crippen LogP contribution >= 0.6 is 0 Å². The molecule has 0 heterocycles. The van der Waals surface area contributed by atoms with E-state index in [2.05, 4.69) is 87.7 Å². The number of benzene rings is 1. The van der Waals surface area contributed by atoms with E-state index < -0.39 is 0 Å². The van der Waals surface area contributed by atoms with Crippen LogP contribution in [0.5, 0.6) is 0 Å². The van der Waals surface area contributed by atoms with Gasteiger partial charge in [0.1, 0.15) is 6.54 Å². The molecular weight excluding hydrogens is 374 g/mol. The average molecular weight is 425 g/mol. The standard InChI is InChI=1S/C30H50N/c1-4-6-8-10-12-13-14-15-16-17-19-24-28-31(3,27-23-18-11-9-7-5-2)29-30-25-21-20-22-26-30/h5,7,9,11,18,20-23,25-26H,4,6,8,10,12-17,19,24,27-29H2,1-3H3/q+1/b7-5+,11-9+,23-18+. The highest BCUT2D eigenvalue weighted by molar-refractivity contribution is 5.14. The molecule has 1 atom stereocenters. The maximum absolute atomic E-state index is 2.42. The summed E-state index contributed by atoms with van der Waals surface area (Å²) in [4.78, 5) is 0. The molecule has 1 rings (SSSR count). The normalized spacial score (nSPS) is 14.2. The van der Waals surface area contributed by atoms with Crippen molar-refractivity contribution in [3.05, 3.63) is 72.4 Å². The molecule has 0 aliphatic heterocycles. The van der Waals surface area contributed by atoms with Gasteiger partial charge >= 0.3 is 0 Å². The van der Waals surface area contributed by atoms with Gasteiger partial charge in [-0.3, -0.25) is 0 Å². The van der Waals surface area contributed by atoms with Crippen LogP contribution in [0.25, 0.3) is 0 Å². The molecule has 0 aliphatic rings. The second-order valence-corrected chi connectivity index (χ2v) is 9.40. The van der Waals surface area contributed by atoms with Gasteiger partial charge in [0.25, 0.3) is 0 Å². The van der Waals surface area contributed by atoms with Gasteiger partial charge in [-0.1, -0.05) is 132 Å². The zero-order valence-corrected chi connectivity index (χ0v) is 20.9. The average Bonchev–Trinajstić information content (AvgIpc) is 2.77. The third kappa shape index (κ3) is 15.8. The highest BCUT2D eigenvalue weighted by Gasteiger charge is 2.20. The quantitative estimate of drug-likeness (QED) is 0.118. The Kier molecular flexibility index (Phi) is 16.9. The lowest BCUT2D eigenvalue weighted by Crippen LogP contribution is -2.44. The van der Waals surface area contributed by atoms with Crippen LogP contribution in [-0.2, 0) is 6.54 Å². The van der Waals surface area contributed by atoms with Crippen LogP contribution in [0.1, 0.15) is 96.5 Å². The Morgan fingerprint density at radius 3 is 1.81 bits per heavy atom. The summed E-state index contributed by atoms with van der Waals surface area (Å²) in [6.07, 6.45) is 29.9. The predicted molar refractivity (Wildman–Crippen MR) is 140 cm³/mol. The Bertz CT molecular complexity index is 598. The number of rotatable bonds is 19. The number of hydrogen-bond acceptors (Lipinski definition) is 0. The molecule has 0 aromatic heterocycles. The van der Waals surface area contributed by atoms with Crippen molar-refractivity contribution >= 4 is 0 Å². The Hall–Kier alpha value is -1.60. The minimum atomic E-state index is 1.09. The fraction of sp³-hybridized carbons (Fsp3) is 0.600. The molecule has 1 unspecified atom stereocenters. The van der Waals surface area contributed by atoms with E-state index in [1.807, 2.05) is 0 Å². The molecule has 0 amide bonds. The Labute approximate surface area is 194 Å². The molecule has 1 aromatic carbocycles. The summed E-state index contributed by atoms with van der Waals surface area (Å²) < 4.78 is 1.09. The minimum absolute atomic E-state index is 1.09. The van der Waals surface area contributed by atoms with E-state index >= 15 is 0 Å². The Morgan fingerprint density at radius 2 is 1.23 bits per heavy atom. The first-order valence-corrected chi connectivity index (χ1v) is 13.0. The molecule has 0 saturated carbocycles. The smallest absolute Gasteiger partial charge is 0.104 e. The zero-order valence-electron chi connectivity index (χ0n) is 20.9. The SMILES string of the molecule is C/C=C/C=C/C=C/C[N+](C)(CCCCCCCCCCCCCC)Cc1ccccc1. The fourth-order valence-corrected chi connectivity index (χ4v) is 4.23. The van der Waals surface area contributed by atoms with Crippen LogP contribution in [0.3, 0.4) is 0 Å². The summed E-state index contributed by atoms with van der Waals surface area (Å²) in [5.74, 6) is 0. The minimum Gasteiger partial charge on any atom is -0.319 e. The molecule has 174 valence electrons. The molecule has 1 nitrogen and oxygen atoms in total. The molecule has 0 fully saturated rings. The topological polar surface area (TPSA) is 0 Å². The summed E-state index contributed by atoms with van der Waals surface area (Å²) in [5, 5.41) is 0. The van der Waals surface area contributed by atoms with E-state index in [1.165, 1.54) is 89.2 Å². The lowest BCUT2D eigenvalue weighted by molar-refractivity contribution is -0.917. The highest BCUT2D eigenvalue weighted by atomic mass is 15.3. The van der Waals surface area contributed by atoms with Crippen molar-refractivity contribution in [1.82, 2.24) is 0 Å². The first kappa shape index (κ1) is 27.4. The zero-order chi connectivity index (χ0) is 22.5. The Balaban J connectivity index is 2.29. The third-order valence-corrected chi connectivity index (χ3v) is 6.17. The number of nitrogens with zero attached hydrogens (tertiary/aromatic N) is 1. The second-order valence-electron chi connectivity index (χ2n) is 9.40. The summed E-state index contributed by atoms with van der Waals surface area (Å²) in [7, 11) is 2.42. The van der Waals surface area contributed by atoms with E-state index in [0.717, 1.165) is 17.6 Å². The van der Waals surface area contributed by atoms with Crippen LogP contribution in [0.15, 0.2) is 66.8 Å². The van der Waals surface area contributed by atoms with Crippen LogP contribution in [0.4, 0.5) is 0 Å². The van der Waals surface area contributed by atoms with Crippen molar-refractivity contribution in [1.29, 1.82) is 0 Å². The van der Waals surface area contributed by atoms with Gasteiger partial charge in [0.15, 0.2) is 0 Å². The first-order valence-electron chi connectivity index (χ1n) is 13.0. The largest absolute Gasteiger partial charge is 0.319 e. The van der Waals surface area contributed by atoms with Gasteiger partial charge in [0.2, 0.25) is 0 Å². The van der Waals surface area contributed by atoms with Crippen LogP contribution in [0, 0.1) is 0 Å². The number of hydrogen-bond donors (Lipinski definition) is 0. The Morgan fingerprint density at radius 1 is 0.677 bits per heavy atom. The first-order chi connectivity index (χ1) is 15.2. The predicted octanol–water partition coefficient (Wildman–Crippen LogP) is 9.02. The molecular formula is C30H50N+. The van der Waals surface area contributed by atoms with Gasteiger partial charge in [-0.05, 0) is 25.8 Å². The van der Waals surface area contributed by atoms with Crippen molar-refractivity contribution < 1.29 is 4.48 Å². The molecule has 0 N–H and O–H groups in total. The van der Waals surface area contributed by atoms with E-state index in [0.29, 0.717) is 0 Å². The van der Waals surface area contributed by atoms with Crippen LogP contribution < -0.4 is 0 Å². The maximum atomic E-state index is 2.42. The third-order valence-electron chi connectivity index (χ3n) is 6.17. The van der Waals surface area contributed by atoms with Crippen molar-refractivity contribution in [3.8, 4) is 0 Å². The van der Waals surface area contributed by atoms with Crippen LogP contribution in [-0.4, -0.2) is 24.6 Å². The lowest BCUT2D eigenvalue weighted by Gasteiger charge is -2.34. The number of quaternary nitrogens is 1. The summed E-state index contributed by atoms with van der Waals surface area (Å²) in [6, 6.07) is 11.0. The molecule has 1 aromatic rings. The molecule has 0 radical (unpaired) electrons. The van der Waals surface area contributed by atoms with E-state index in [-0.39, 0.29) is 0 Å². The van der Waals surface area contributed by atoms with Crippen molar-refractivity contribution in [2.75, 3.05) is 20.1 Å². The van der Waals surface area contributed by atoms with Crippen molar-refractivity contribution in [3.63, 3.8) is 0 Å². The maximum Gasteiger partial charge on any atom is 0.104 e. The van der Waals surface area contributed by atoms with Gasteiger partial charge in [-0.15, -0.1) is 0 Å². The highest BCUT2D eigenvalue weighted by Crippen LogP contribution is 2.16. The van der Waals surface area contributed by atoms with Gasteiger partial charge in [0, 0.05) is 5.56 Å². The lowest BCUT2D eigenvalue weighted by atomic mass is 10.0. The van der Waals surface area contributed by atoms with E-state index in [4.69, 9.17) is 0 Å². The molecule has 0 aliphatic carbocycles. The van der Waals surface area contributed by atoms with Gasteiger partial charge in [0.05, 0.1) is 20.1 Å². The summed E-state index contributed by atoms with van der Waals surface area (Å²) in [6.45, 7) is 7.81. The second kappa shape index (κ2) is 19.1. The molecule has 0 spiro atoms. The van der Waals surface area contributed by atoms with Gasteiger partial charge in [-0.2, -0.15) is 0 Å². The van der Waals surface area contributed by atoms with E-state index in [1.54, 1.807) is 0 Å². The van der Waals surface area contributed by atoms with Crippen LogP contribution in [0.2, 0.25) is 0 Å². The molecule has 0 saturated heterocycles. The molecule has 1 heteroatoms. The summed E-state index contributed by atoms with van der Waals surface area (Å²) >= 11 is 0. The number of likely N-dealkylation sites (N-methyl/N-ethyl adjacent to an activating group) is 1. The van der Waals surface area contributed by atoms with Crippen molar-refractivity contribution in [2.24, 2.45) is 0 Å². The number of allylic oxidation sites excluding steroid dienone is 5. The van der Waals surface area contributed by atoms with Gasteiger partial charge in [-0.25, -0.2) is 0 Å². The summed E-state index contributed by atoms with van der Waals surface area (Å²) in [5.41, 5.74) is 1.45. The monoisotopic (exact) mass is 424 g/mol. The fourth-order valence-electron chi connectivity index (χ4n) is 4.23. The number of unbranched alkanes of at least 4 members (excludes halogenated alkanes) is 11. The van der Waals surface area contributed by atoms with Crippen molar-refractivity contribution in [2.45, 2.75) is 97.4 Å². The van der Waals surface area contributed by atoms with E-state index in [9.17, 15) is 0 Å². The molecule has 0 bridgehead atoms. The van der Waals surface area contributed by atoms with Gasteiger partial charge < -0.3 is 4.48 Å². The molecule has 31 heavy (non-hydrogen) atoms.